The monoisotopic (exact) mass is 239 g/mol. The van der Waals surface area contributed by atoms with E-state index in [1.807, 2.05) is 11.8 Å². The molecule has 0 bridgehead atoms. The predicted octanol–water partition coefficient (Wildman–Crippen LogP) is 4.03. The maximum atomic E-state index is 5.78. The highest BCUT2D eigenvalue weighted by Crippen LogP contribution is 2.24. The van der Waals surface area contributed by atoms with Crippen molar-refractivity contribution < 1.29 is 0 Å². The lowest BCUT2D eigenvalue weighted by Crippen LogP contribution is -1.97. The molecular formula is C12H14ClNS. The van der Waals surface area contributed by atoms with E-state index in [9.17, 15) is 0 Å². The first-order chi connectivity index (χ1) is 7.31. The highest BCUT2D eigenvalue weighted by atomic mass is 35.5. The average molecular weight is 240 g/mol. The minimum absolute atomic E-state index is 0.514. The van der Waals surface area contributed by atoms with Gasteiger partial charge in [0, 0.05) is 34.0 Å². The van der Waals surface area contributed by atoms with E-state index >= 15 is 0 Å². The molecule has 80 valence electrons. The first kappa shape index (κ1) is 10.9. The number of halogens is 1. The second-order valence-electron chi connectivity index (χ2n) is 3.64. The lowest BCUT2D eigenvalue weighted by molar-refractivity contribution is 1.12. The highest BCUT2D eigenvalue weighted by Gasteiger charge is 2.05. The van der Waals surface area contributed by atoms with Crippen LogP contribution in [0.2, 0.25) is 0 Å². The topological polar surface area (TPSA) is 15.8 Å². The second-order valence-corrected chi connectivity index (χ2v) is 5.37. The zero-order valence-electron chi connectivity index (χ0n) is 8.66. The van der Waals surface area contributed by atoms with Crippen LogP contribution in [0, 0.1) is 0 Å². The molecule has 2 rings (SSSR count). The number of hydrogen-bond acceptors (Lipinski definition) is 1. The van der Waals surface area contributed by atoms with Gasteiger partial charge in [-0.3, -0.25) is 0 Å². The molecule has 0 spiro atoms. The molecule has 1 heterocycles. The number of rotatable bonds is 4. The molecule has 3 heteroatoms. The Labute approximate surface area is 99.2 Å². The highest BCUT2D eigenvalue weighted by molar-refractivity contribution is 7.99. The van der Waals surface area contributed by atoms with E-state index in [-0.39, 0.29) is 0 Å². The number of H-pyrrole nitrogens is 1. The molecule has 15 heavy (non-hydrogen) atoms. The van der Waals surface area contributed by atoms with E-state index in [4.69, 9.17) is 11.6 Å². The van der Waals surface area contributed by atoms with Gasteiger partial charge in [-0.05, 0) is 11.6 Å². The van der Waals surface area contributed by atoms with Crippen LogP contribution in [-0.2, 0) is 5.75 Å². The fraction of sp³-hybridized carbons (Fsp3) is 0.333. The van der Waals surface area contributed by atoms with Gasteiger partial charge in [-0.2, -0.15) is 11.8 Å². The van der Waals surface area contributed by atoms with Crippen LogP contribution in [0.15, 0.2) is 30.5 Å². The summed E-state index contributed by atoms with van der Waals surface area (Å²) in [5.74, 6) is 1.74. The first-order valence-electron chi connectivity index (χ1n) is 5.04. The van der Waals surface area contributed by atoms with Crippen LogP contribution in [0.1, 0.15) is 12.5 Å². The number of fused-ring (bicyclic) bond motifs is 1. The van der Waals surface area contributed by atoms with Crippen molar-refractivity contribution in [3.63, 3.8) is 0 Å². The summed E-state index contributed by atoms with van der Waals surface area (Å²) in [6.45, 7) is 2.16. The van der Waals surface area contributed by atoms with Gasteiger partial charge in [0.15, 0.2) is 0 Å². The number of alkyl halides is 1. The normalized spacial score (nSPS) is 13.2. The molecule has 0 aliphatic heterocycles. The van der Waals surface area contributed by atoms with Crippen LogP contribution in [-0.4, -0.2) is 16.1 Å². The minimum Gasteiger partial charge on any atom is -0.361 e. The van der Waals surface area contributed by atoms with Crippen molar-refractivity contribution in [1.29, 1.82) is 0 Å². The van der Waals surface area contributed by atoms with E-state index in [2.05, 4.69) is 42.4 Å². The smallest absolute Gasteiger partial charge is 0.0457 e. The summed E-state index contributed by atoms with van der Waals surface area (Å²) < 4.78 is 0. The van der Waals surface area contributed by atoms with Gasteiger partial charge in [-0.1, -0.05) is 25.1 Å². The zero-order valence-corrected chi connectivity index (χ0v) is 10.2. The summed E-state index contributed by atoms with van der Waals surface area (Å²) in [6, 6.07) is 8.40. The SMILES string of the molecule is CC(CCl)SCc1c[nH]c2ccccc12. The Morgan fingerprint density at radius 1 is 1.40 bits per heavy atom. The van der Waals surface area contributed by atoms with Crippen LogP contribution >= 0.6 is 23.4 Å². The summed E-state index contributed by atoms with van der Waals surface area (Å²) in [6.07, 6.45) is 2.10. The van der Waals surface area contributed by atoms with Crippen molar-refractivity contribution in [2.45, 2.75) is 17.9 Å². The lowest BCUT2D eigenvalue weighted by atomic mass is 10.2. The average Bonchev–Trinajstić information content (AvgIpc) is 2.69. The predicted molar refractivity (Wildman–Crippen MR) is 69.8 cm³/mol. The Kier molecular flexibility index (Phi) is 3.60. The van der Waals surface area contributed by atoms with Crippen molar-refractivity contribution in [1.82, 2.24) is 4.98 Å². The molecule has 0 amide bonds. The summed E-state index contributed by atoms with van der Waals surface area (Å²) in [7, 11) is 0. The molecule has 0 fully saturated rings. The third kappa shape index (κ3) is 2.50. The number of nitrogens with one attached hydrogen (secondary N) is 1. The van der Waals surface area contributed by atoms with Gasteiger partial charge in [0.05, 0.1) is 0 Å². The van der Waals surface area contributed by atoms with Gasteiger partial charge >= 0.3 is 0 Å². The second kappa shape index (κ2) is 4.95. The van der Waals surface area contributed by atoms with Gasteiger partial charge in [-0.15, -0.1) is 11.6 Å². The standard InChI is InChI=1S/C12H14ClNS/c1-9(6-13)15-8-10-7-14-12-5-3-2-4-11(10)12/h2-5,7,9,14H,6,8H2,1H3. The van der Waals surface area contributed by atoms with Gasteiger partial charge in [-0.25, -0.2) is 0 Å². The van der Waals surface area contributed by atoms with Gasteiger partial charge in [0.1, 0.15) is 0 Å². The van der Waals surface area contributed by atoms with Crippen LogP contribution < -0.4 is 0 Å². The Morgan fingerprint density at radius 3 is 3.00 bits per heavy atom. The quantitative estimate of drug-likeness (QED) is 0.797. The van der Waals surface area contributed by atoms with Crippen molar-refractivity contribution in [2.75, 3.05) is 5.88 Å². The maximum absolute atomic E-state index is 5.78. The first-order valence-corrected chi connectivity index (χ1v) is 6.62. The van der Waals surface area contributed by atoms with Crippen molar-refractivity contribution >= 4 is 34.3 Å². The Balaban J connectivity index is 2.14. The van der Waals surface area contributed by atoms with E-state index in [0.717, 1.165) is 5.75 Å². The summed E-state index contributed by atoms with van der Waals surface area (Å²) in [4.78, 5) is 3.28. The number of aromatic nitrogens is 1. The van der Waals surface area contributed by atoms with Crippen molar-refractivity contribution in [2.24, 2.45) is 0 Å². The number of hydrogen-bond donors (Lipinski definition) is 1. The van der Waals surface area contributed by atoms with E-state index in [0.29, 0.717) is 11.1 Å². The Hall–Kier alpha value is -0.600. The third-order valence-corrected chi connectivity index (χ3v) is 4.27. The largest absolute Gasteiger partial charge is 0.361 e. The molecule has 1 aromatic carbocycles. The lowest BCUT2D eigenvalue weighted by Gasteiger charge is -2.05. The molecule has 0 saturated carbocycles. The van der Waals surface area contributed by atoms with Gasteiger partial charge < -0.3 is 4.98 Å². The molecule has 0 aliphatic rings. The molecule has 1 nitrogen and oxygen atoms in total. The molecule has 2 aromatic rings. The minimum atomic E-state index is 0.514. The molecule has 0 saturated heterocycles. The third-order valence-electron chi connectivity index (χ3n) is 2.42. The molecule has 1 unspecified atom stereocenters. The fourth-order valence-corrected chi connectivity index (χ4v) is 2.59. The van der Waals surface area contributed by atoms with Gasteiger partial charge in [0.25, 0.3) is 0 Å². The van der Waals surface area contributed by atoms with Crippen LogP contribution in [0.3, 0.4) is 0 Å². The molecule has 1 N–H and O–H groups in total. The summed E-state index contributed by atoms with van der Waals surface area (Å²) >= 11 is 7.68. The fourth-order valence-electron chi connectivity index (χ4n) is 1.53. The van der Waals surface area contributed by atoms with E-state index in [1.165, 1.54) is 16.5 Å². The Morgan fingerprint density at radius 2 is 2.20 bits per heavy atom. The molecular weight excluding hydrogens is 226 g/mol. The zero-order chi connectivity index (χ0) is 10.7. The van der Waals surface area contributed by atoms with Crippen LogP contribution in [0.4, 0.5) is 0 Å². The number of para-hydroxylation sites is 1. The summed E-state index contributed by atoms with van der Waals surface area (Å²) in [5, 5.41) is 1.84. The molecule has 1 atom stereocenters. The molecule has 0 radical (unpaired) electrons. The molecule has 0 aliphatic carbocycles. The van der Waals surface area contributed by atoms with Crippen molar-refractivity contribution in [3.8, 4) is 0 Å². The van der Waals surface area contributed by atoms with E-state index < -0.39 is 0 Å². The van der Waals surface area contributed by atoms with Crippen LogP contribution in [0.25, 0.3) is 10.9 Å². The number of benzene rings is 1. The Bertz CT molecular complexity index is 438. The summed E-state index contributed by atoms with van der Waals surface area (Å²) in [5.41, 5.74) is 2.58. The number of aromatic amines is 1. The number of thioether (sulfide) groups is 1. The van der Waals surface area contributed by atoms with E-state index in [1.54, 1.807) is 0 Å². The molecule has 1 aromatic heterocycles. The maximum Gasteiger partial charge on any atom is 0.0457 e. The van der Waals surface area contributed by atoms with Gasteiger partial charge in [0.2, 0.25) is 0 Å². The van der Waals surface area contributed by atoms with Crippen molar-refractivity contribution in [3.05, 3.63) is 36.0 Å². The van der Waals surface area contributed by atoms with Crippen LogP contribution in [0.5, 0.6) is 0 Å².